The summed E-state index contributed by atoms with van der Waals surface area (Å²) in [6.45, 7) is 4.38. The van der Waals surface area contributed by atoms with Gasteiger partial charge in [0.2, 0.25) is 0 Å². The maximum Gasteiger partial charge on any atom is 0.315 e. The van der Waals surface area contributed by atoms with E-state index in [0.29, 0.717) is 19.4 Å². The van der Waals surface area contributed by atoms with Gasteiger partial charge in [-0.15, -0.1) is 6.42 Å². The minimum Gasteiger partial charge on any atom is -0.338 e. The second-order valence-electron chi connectivity index (χ2n) is 5.34. The van der Waals surface area contributed by atoms with Crippen molar-refractivity contribution in [1.29, 1.82) is 0 Å². The van der Waals surface area contributed by atoms with Gasteiger partial charge in [0, 0.05) is 6.54 Å². The summed E-state index contributed by atoms with van der Waals surface area (Å²) in [7, 11) is -2.84. The van der Waals surface area contributed by atoms with Gasteiger partial charge in [0.15, 0.2) is 0 Å². The summed E-state index contributed by atoms with van der Waals surface area (Å²) < 4.78 is 22.5. The number of hydrogen-bond acceptors (Lipinski definition) is 3. The van der Waals surface area contributed by atoms with Crippen molar-refractivity contribution in [3.63, 3.8) is 0 Å². The number of hydrogen-bond donors (Lipinski definition) is 2. The monoisotopic (exact) mass is 286 g/mol. The summed E-state index contributed by atoms with van der Waals surface area (Å²) in [5.41, 5.74) is 0. The minimum absolute atomic E-state index is 0.176. The highest BCUT2D eigenvalue weighted by atomic mass is 32.2. The van der Waals surface area contributed by atoms with Crippen LogP contribution in [0.25, 0.3) is 0 Å². The summed E-state index contributed by atoms with van der Waals surface area (Å²) in [6, 6.07) is -0.572. The Balaban J connectivity index is 2.30. The van der Waals surface area contributed by atoms with Crippen LogP contribution < -0.4 is 10.6 Å². The molecule has 1 saturated heterocycles. The molecule has 0 bridgehead atoms. The Bertz CT molecular complexity index is 437. The number of urea groups is 1. The fourth-order valence-electron chi connectivity index (χ4n) is 1.97. The third-order valence-electron chi connectivity index (χ3n) is 3.36. The van der Waals surface area contributed by atoms with Crippen LogP contribution in [-0.2, 0) is 9.84 Å². The van der Waals surface area contributed by atoms with E-state index in [0.717, 1.165) is 0 Å². The highest BCUT2D eigenvalue weighted by Crippen LogP contribution is 2.17. The van der Waals surface area contributed by atoms with Gasteiger partial charge in [-0.3, -0.25) is 0 Å². The highest BCUT2D eigenvalue weighted by molar-refractivity contribution is 7.91. The number of rotatable bonds is 4. The van der Waals surface area contributed by atoms with Gasteiger partial charge in [-0.05, 0) is 24.7 Å². The number of carbonyl (C=O) groups excluding carboxylic acids is 1. The first-order valence-corrected chi connectivity index (χ1v) is 8.37. The van der Waals surface area contributed by atoms with E-state index in [2.05, 4.69) is 16.6 Å². The standard InChI is InChI=1S/C13H22N2O3S/c1-4-12(10(2)3)15-13(16)14-9-11-5-7-19(17,18)8-6-11/h1,10-12H,5-9H2,2-3H3,(H2,14,15,16)/t12-/m1/s1. The van der Waals surface area contributed by atoms with Crippen molar-refractivity contribution in [2.75, 3.05) is 18.1 Å². The van der Waals surface area contributed by atoms with Gasteiger partial charge in [-0.1, -0.05) is 19.8 Å². The van der Waals surface area contributed by atoms with E-state index in [1.807, 2.05) is 13.8 Å². The van der Waals surface area contributed by atoms with Gasteiger partial charge in [0.05, 0.1) is 17.5 Å². The molecule has 0 aliphatic carbocycles. The van der Waals surface area contributed by atoms with Crippen LogP contribution in [0, 0.1) is 24.2 Å². The van der Waals surface area contributed by atoms with Crippen LogP contribution >= 0.6 is 0 Å². The Hall–Kier alpha value is -1.22. The molecule has 19 heavy (non-hydrogen) atoms. The van der Waals surface area contributed by atoms with Gasteiger partial charge in [-0.2, -0.15) is 0 Å². The molecule has 0 aromatic rings. The summed E-state index contributed by atoms with van der Waals surface area (Å²) in [5.74, 6) is 3.38. The second kappa shape index (κ2) is 6.80. The average molecular weight is 286 g/mol. The Morgan fingerprint density at radius 3 is 2.42 bits per heavy atom. The van der Waals surface area contributed by atoms with Gasteiger partial charge >= 0.3 is 6.03 Å². The second-order valence-corrected chi connectivity index (χ2v) is 7.64. The van der Waals surface area contributed by atoms with Crippen molar-refractivity contribution in [2.24, 2.45) is 11.8 Å². The Morgan fingerprint density at radius 1 is 1.37 bits per heavy atom. The zero-order valence-corrected chi connectivity index (χ0v) is 12.3. The number of terminal acetylenes is 1. The van der Waals surface area contributed by atoms with E-state index in [1.54, 1.807) is 0 Å². The smallest absolute Gasteiger partial charge is 0.315 e. The Kier molecular flexibility index (Phi) is 5.67. The molecule has 0 aromatic carbocycles. The molecule has 2 amide bonds. The zero-order valence-electron chi connectivity index (χ0n) is 11.5. The van der Waals surface area contributed by atoms with Crippen LogP contribution in [-0.4, -0.2) is 38.5 Å². The lowest BCUT2D eigenvalue weighted by Crippen LogP contribution is -2.45. The molecule has 0 saturated carbocycles. The van der Waals surface area contributed by atoms with E-state index >= 15 is 0 Å². The predicted molar refractivity (Wildman–Crippen MR) is 75.4 cm³/mol. The normalized spacial score (nSPS) is 20.5. The quantitative estimate of drug-likeness (QED) is 0.750. The SMILES string of the molecule is C#C[C@@H](NC(=O)NCC1CCS(=O)(=O)CC1)C(C)C. The van der Waals surface area contributed by atoms with Crippen molar-refractivity contribution >= 4 is 15.9 Å². The first-order chi connectivity index (χ1) is 8.84. The van der Waals surface area contributed by atoms with Crippen molar-refractivity contribution < 1.29 is 13.2 Å². The summed E-state index contributed by atoms with van der Waals surface area (Å²) in [5, 5.41) is 5.48. The number of carbonyl (C=O) groups is 1. The van der Waals surface area contributed by atoms with E-state index in [4.69, 9.17) is 6.42 Å². The summed E-state index contributed by atoms with van der Waals surface area (Å²) in [4.78, 5) is 11.7. The minimum atomic E-state index is -2.84. The molecule has 1 atom stereocenters. The van der Waals surface area contributed by atoms with Gasteiger partial charge in [-0.25, -0.2) is 13.2 Å². The van der Waals surface area contributed by atoms with Crippen LogP contribution in [0.1, 0.15) is 26.7 Å². The molecule has 0 spiro atoms. The lowest BCUT2D eigenvalue weighted by Gasteiger charge is -2.23. The van der Waals surface area contributed by atoms with Crippen LogP contribution in [0.15, 0.2) is 0 Å². The fourth-order valence-corrected chi connectivity index (χ4v) is 3.56. The molecule has 2 N–H and O–H groups in total. The maximum atomic E-state index is 11.7. The largest absolute Gasteiger partial charge is 0.338 e. The van der Waals surface area contributed by atoms with Crippen molar-refractivity contribution in [3.05, 3.63) is 0 Å². The number of amides is 2. The van der Waals surface area contributed by atoms with Crippen LogP contribution in [0.2, 0.25) is 0 Å². The third kappa shape index (κ3) is 5.52. The van der Waals surface area contributed by atoms with Crippen LogP contribution in [0.4, 0.5) is 4.79 Å². The highest BCUT2D eigenvalue weighted by Gasteiger charge is 2.24. The number of sulfone groups is 1. The van der Waals surface area contributed by atoms with Crippen molar-refractivity contribution in [1.82, 2.24) is 10.6 Å². The molecular weight excluding hydrogens is 264 g/mol. The van der Waals surface area contributed by atoms with E-state index < -0.39 is 9.84 Å². The van der Waals surface area contributed by atoms with Crippen molar-refractivity contribution in [2.45, 2.75) is 32.7 Å². The lowest BCUT2D eigenvalue weighted by molar-refractivity contribution is 0.234. The molecule has 0 radical (unpaired) electrons. The van der Waals surface area contributed by atoms with Crippen molar-refractivity contribution in [3.8, 4) is 12.3 Å². The average Bonchev–Trinajstić information content (AvgIpc) is 2.34. The third-order valence-corrected chi connectivity index (χ3v) is 5.07. The lowest BCUT2D eigenvalue weighted by atomic mass is 10.0. The topological polar surface area (TPSA) is 75.3 Å². The molecule has 1 aliphatic rings. The van der Waals surface area contributed by atoms with E-state index in [1.165, 1.54) is 0 Å². The summed E-state index contributed by atoms with van der Waals surface area (Å²) in [6.07, 6.45) is 6.56. The van der Waals surface area contributed by atoms with Gasteiger partial charge in [0.1, 0.15) is 9.84 Å². The fraction of sp³-hybridized carbons (Fsp3) is 0.769. The molecule has 5 nitrogen and oxygen atoms in total. The van der Waals surface area contributed by atoms with Crippen LogP contribution in [0.3, 0.4) is 0 Å². The molecule has 6 heteroatoms. The van der Waals surface area contributed by atoms with E-state index in [9.17, 15) is 13.2 Å². The molecule has 1 heterocycles. The molecule has 1 fully saturated rings. The predicted octanol–water partition coefficient (Wildman–Crippen LogP) is 0.768. The molecule has 0 unspecified atom stereocenters. The first kappa shape index (κ1) is 15.8. The molecule has 1 rings (SSSR count). The molecular formula is C13H22N2O3S. The van der Waals surface area contributed by atoms with Gasteiger partial charge < -0.3 is 10.6 Å². The van der Waals surface area contributed by atoms with E-state index in [-0.39, 0.29) is 35.4 Å². The molecule has 108 valence electrons. The Labute approximate surface area is 115 Å². The molecule has 0 aromatic heterocycles. The summed E-state index contributed by atoms with van der Waals surface area (Å²) >= 11 is 0. The number of nitrogens with one attached hydrogen (secondary N) is 2. The molecule has 1 aliphatic heterocycles. The zero-order chi connectivity index (χ0) is 14.5. The first-order valence-electron chi connectivity index (χ1n) is 6.55. The maximum absolute atomic E-state index is 11.7. The van der Waals surface area contributed by atoms with Crippen LogP contribution in [0.5, 0.6) is 0 Å². The Morgan fingerprint density at radius 2 is 1.95 bits per heavy atom. The van der Waals surface area contributed by atoms with Gasteiger partial charge in [0.25, 0.3) is 0 Å².